The second-order valence-electron chi connectivity index (χ2n) is 6.37. The Labute approximate surface area is 114 Å². The third kappa shape index (κ3) is 7.07. The van der Waals surface area contributed by atoms with Gasteiger partial charge in [-0.2, -0.15) is 0 Å². The largest absolute Gasteiger partial charge is 0.299 e. The van der Waals surface area contributed by atoms with E-state index in [0.29, 0.717) is 6.04 Å². The van der Waals surface area contributed by atoms with Crippen LogP contribution in [0.5, 0.6) is 0 Å². The smallest absolute Gasteiger partial charge is 0.0743 e. The maximum atomic E-state index is 5.58. The standard InChI is InChI=1S/C17H31N/c1-4-17(2,3)18-16-14-12-10-8-6-5-7-9-11-13-15-16/h1,16,18H,5-15H2,2-3H3. The van der Waals surface area contributed by atoms with Gasteiger partial charge in [0.25, 0.3) is 0 Å². The van der Waals surface area contributed by atoms with E-state index < -0.39 is 0 Å². The van der Waals surface area contributed by atoms with Crippen LogP contribution in [0.2, 0.25) is 0 Å². The van der Waals surface area contributed by atoms with Gasteiger partial charge in [-0.25, -0.2) is 0 Å². The van der Waals surface area contributed by atoms with Crippen molar-refractivity contribution in [2.45, 2.75) is 96.1 Å². The molecule has 0 aromatic carbocycles. The molecule has 1 aliphatic rings. The third-order valence-electron chi connectivity index (χ3n) is 4.03. The van der Waals surface area contributed by atoms with Crippen LogP contribution in [-0.2, 0) is 0 Å². The molecule has 1 aliphatic carbocycles. The number of nitrogens with one attached hydrogen (secondary N) is 1. The lowest BCUT2D eigenvalue weighted by atomic mass is 9.95. The molecular weight excluding hydrogens is 218 g/mol. The summed E-state index contributed by atoms with van der Waals surface area (Å²) in [5.74, 6) is 2.86. The highest BCUT2D eigenvalue weighted by Gasteiger charge is 2.19. The normalized spacial score (nSPS) is 21.6. The van der Waals surface area contributed by atoms with Gasteiger partial charge < -0.3 is 0 Å². The van der Waals surface area contributed by atoms with E-state index in [0.717, 1.165) is 0 Å². The van der Waals surface area contributed by atoms with Gasteiger partial charge in [0.2, 0.25) is 0 Å². The quantitative estimate of drug-likeness (QED) is 0.702. The number of rotatable bonds is 2. The van der Waals surface area contributed by atoms with E-state index in [-0.39, 0.29) is 5.54 Å². The highest BCUT2D eigenvalue weighted by Crippen LogP contribution is 2.18. The molecule has 0 bridgehead atoms. The molecule has 0 radical (unpaired) electrons. The van der Waals surface area contributed by atoms with Crippen LogP contribution in [0.25, 0.3) is 0 Å². The van der Waals surface area contributed by atoms with Crippen LogP contribution >= 0.6 is 0 Å². The minimum absolute atomic E-state index is 0.151. The predicted octanol–water partition coefficient (Wildman–Crippen LogP) is 4.66. The topological polar surface area (TPSA) is 12.0 Å². The van der Waals surface area contributed by atoms with Crippen LogP contribution in [0.1, 0.15) is 84.5 Å². The van der Waals surface area contributed by atoms with Crippen LogP contribution in [0, 0.1) is 12.3 Å². The summed E-state index contributed by atoms with van der Waals surface area (Å²) in [7, 11) is 0. The summed E-state index contributed by atoms with van der Waals surface area (Å²) in [6.45, 7) is 4.23. The Balaban J connectivity index is 2.39. The van der Waals surface area contributed by atoms with E-state index in [1.165, 1.54) is 70.6 Å². The molecule has 0 amide bonds. The van der Waals surface area contributed by atoms with Gasteiger partial charge in [0, 0.05) is 6.04 Å². The molecule has 0 saturated heterocycles. The van der Waals surface area contributed by atoms with Gasteiger partial charge in [-0.05, 0) is 26.7 Å². The van der Waals surface area contributed by atoms with Crippen LogP contribution in [-0.4, -0.2) is 11.6 Å². The summed E-state index contributed by atoms with van der Waals surface area (Å²) >= 11 is 0. The first-order valence-corrected chi connectivity index (χ1v) is 7.89. The molecule has 0 aliphatic heterocycles. The van der Waals surface area contributed by atoms with E-state index in [1.807, 2.05) is 0 Å². The van der Waals surface area contributed by atoms with Crippen LogP contribution in [0.15, 0.2) is 0 Å². The first-order valence-electron chi connectivity index (χ1n) is 7.89. The van der Waals surface area contributed by atoms with Crippen LogP contribution in [0.3, 0.4) is 0 Å². The zero-order valence-corrected chi connectivity index (χ0v) is 12.4. The lowest BCUT2D eigenvalue weighted by Gasteiger charge is -2.28. The average Bonchev–Trinajstić information content (AvgIpc) is 2.32. The highest BCUT2D eigenvalue weighted by atomic mass is 15.0. The lowest BCUT2D eigenvalue weighted by Crippen LogP contribution is -2.44. The van der Waals surface area contributed by atoms with Crippen molar-refractivity contribution >= 4 is 0 Å². The van der Waals surface area contributed by atoms with E-state index in [9.17, 15) is 0 Å². The summed E-state index contributed by atoms with van der Waals surface area (Å²) in [6, 6.07) is 0.621. The Kier molecular flexibility index (Phi) is 7.44. The second kappa shape index (κ2) is 8.59. The van der Waals surface area contributed by atoms with Crippen molar-refractivity contribution in [3.63, 3.8) is 0 Å². The fraction of sp³-hybridized carbons (Fsp3) is 0.882. The van der Waals surface area contributed by atoms with E-state index in [2.05, 4.69) is 25.1 Å². The average molecular weight is 249 g/mol. The molecule has 0 aromatic heterocycles. The summed E-state index contributed by atoms with van der Waals surface area (Å²) in [6.07, 6.45) is 20.9. The Morgan fingerprint density at radius 1 is 0.833 bits per heavy atom. The molecule has 0 unspecified atom stereocenters. The molecule has 0 heterocycles. The zero-order chi connectivity index (χ0) is 13.3. The molecule has 1 saturated carbocycles. The third-order valence-corrected chi connectivity index (χ3v) is 4.03. The maximum Gasteiger partial charge on any atom is 0.0743 e. The van der Waals surface area contributed by atoms with Gasteiger partial charge in [-0.15, -0.1) is 6.42 Å². The van der Waals surface area contributed by atoms with Crippen molar-refractivity contribution in [3.8, 4) is 12.3 Å². The number of hydrogen-bond donors (Lipinski definition) is 1. The van der Waals surface area contributed by atoms with Gasteiger partial charge in [-0.3, -0.25) is 5.32 Å². The molecule has 1 heteroatoms. The van der Waals surface area contributed by atoms with E-state index in [1.54, 1.807) is 0 Å². The van der Waals surface area contributed by atoms with Gasteiger partial charge in [0.15, 0.2) is 0 Å². The first kappa shape index (κ1) is 15.6. The molecule has 1 fully saturated rings. The van der Waals surface area contributed by atoms with Crippen molar-refractivity contribution in [2.24, 2.45) is 0 Å². The molecule has 1 nitrogen and oxygen atoms in total. The fourth-order valence-electron chi connectivity index (χ4n) is 2.86. The van der Waals surface area contributed by atoms with Gasteiger partial charge >= 0.3 is 0 Å². The fourth-order valence-corrected chi connectivity index (χ4v) is 2.86. The van der Waals surface area contributed by atoms with Crippen molar-refractivity contribution in [3.05, 3.63) is 0 Å². The molecule has 104 valence electrons. The Bertz CT molecular complexity index is 237. The van der Waals surface area contributed by atoms with Crippen molar-refractivity contribution in [1.82, 2.24) is 5.32 Å². The lowest BCUT2D eigenvalue weighted by molar-refractivity contribution is 0.346. The highest BCUT2D eigenvalue weighted by molar-refractivity contribution is 5.08. The van der Waals surface area contributed by atoms with Crippen molar-refractivity contribution in [2.75, 3.05) is 0 Å². The molecule has 1 N–H and O–H groups in total. The van der Waals surface area contributed by atoms with Crippen LogP contribution in [0.4, 0.5) is 0 Å². The minimum atomic E-state index is -0.151. The SMILES string of the molecule is C#CC(C)(C)NC1CCCCCCCCCCC1. The molecule has 0 aromatic rings. The van der Waals surface area contributed by atoms with E-state index >= 15 is 0 Å². The Hall–Kier alpha value is -0.480. The minimum Gasteiger partial charge on any atom is -0.299 e. The van der Waals surface area contributed by atoms with Gasteiger partial charge in [0.1, 0.15) is 0 Å². The second-order valence-corrected chi connectivity index (χ2v) is 6.37. The Morgan fingerprint density at radius 2 is 1.22 bits per heavy atom. The van der Waals surface area contributed by atoms with Gasteiger partial charge in [-0.1, -0.05) is 63.7 Å². The Morgan fingerprint density at radius 3 is 1.61 bits per heavy atom. The molecular formula is C17H31N. The summed E-state index contributed by atoms with van der Waals surface area (Å²) in [5.41, 5.74) is -0.151. The predicted molar refractivity (Wildman–Crippen MR) is 80.6 cm³/mol. The first-order chi connectivity index (χ1) is 8.64. The summed E-state index contributed by atoms with van der Waals surface area (Å²) < 4.78 is 0. The summed E-state index contributed by atoms with van der Waals surface area (Å²) in [4.78, 5) is 0. The molecule has 0 atom stereocenters. The van der Waals surface area contributed by atoms with Gasteiger partial charge in [0.05, 0.1) is 5.54 Å². The monoisotopic (exact) mass is 249 g/mol. The maximum absolute atomic E-state index is 5.58. The molecule has 1 rings (SSSR count). The van der Waals surface area contributed by atoms with Crippen molar-refractivity contribution in [1.29, 1.82) is 0 Å². The number of hydrogen-bond acceptors (Lipinski definition) is 1. The summed E-state index contributed by atoms with van der Waals surface area (Å²) in [5, 5.41) is 3.66. The van der Waals surface area contributed by atoms with E-state index in [4.69, 9.17) is 6.42 Å². The molecule has 0 spiro atoms. The number of terminal acetylenes is 1. The van der Waals surface area contributed by atoms with Crippen molar-refractivity contribution < 1.29 is 0 Å². The molecule has 18 heavy (non-hydrogen) atoms. The van der Waals surface area contributed by atoms with Crippen LogP contribution < -0.4 is 5.32 Å². The zero-order valence-electron chi connectivity index (χ0n) is 12.4.